The minimum atomic E-state index is -0.970. The smallest absolute Gasteiger partial charge is 0.328 e. The zero-order valence-corrected chi connectivity index (χ0v) is 12.4. The highest BCUT2D eigenvalue weighted by atomic mass is 32.1. The maximum Gasteiger partial charge on any atom is 0.328 e. The quantitative estimate of drug-likeness (QED) is 0.863. The molecule has 104 valence electrons. The number of carboxylic acid groups (broad SMARTS) is 1. The van der Waals surface area contributed by atoms with E-state index >= 15 is 0 Å². The molecule has 0 radical (unpaired) electrons. The van der Waals surface area contributed by atoms with Gasteiger partial charge in [0.25, 0.3) is 5.91 Å². The second-order valence-corrected chi connectivity index (χ2v) is 6.10. The second kappa shape index (κ2) is 6.49. The van der Waals surface area contributed by atoms with Gasteiger partial charge in [-0.05, 0) is 34.5 Å². The molecule has 0 unspecified atom stereocenters. The molecular weight excluding hydrogens is 294 g/mol. The van der Waals surface area contributed by atoms with E-state index in [1.54, 1.807) is 24.1 Å². The van der Waals surface area contributed by atoms with E-state index in [1.807, 2.05) is 22.9 Å². The predicted octanol–water partition coefficient (Wildman–Crippen LogP) is 3.18. The third-order valence-corrected chi connectivity index (χ3v) is 4.36. The number of carbonyl (C=O) groups is 2. The van der Waals surface area contributed by atoms with Gasteiger partial charge in [-0.1, -0.05) is 6.07 Å². The molecule has 0 bridgehead atoms. The molecule has 2 heterocycles. The Morgan fingerprint density at radius 2 is 2.20 bits per heavy atom. The highest BCUT2D eigenvalue weighted by Gasteiger charge is 2.13. The average molecular weight is 307 g/mol. The van der Waals surface area contributed by atoms with Gasteiger partial charge in [0.15, 0.2) is 0 Å². The predicted molar refractivity (Wildman–Crippen MR) is 81.1 cm³/mol. The molecule has 1 amide bonds. The van der Waals surface area contributed by atoms with Crippen LogP contribution >= 0.6 is 22.7 Å². The number of hydrogen-bond donors (Lipinski definition) is 1. The SMILES string of the molecule is CN(Cc1cc(C=CC(=O)O)cs1)C(=O)c1cccs1. The van der Waals surface area contributed by atoms with Crippen LogP contribution in [-0.2, 0) is 11.3 Å². The van der Waals surface area contributed by atoms with Crippen molar-refractivity contribution in [1.29, 1.82) is 0 Å². The van der Waals surface area contributed by atoms with Crippen molar-refractivity contribution < 1.29 is 14.7 Å². The van der Waals surface area contributed by atoms with Crippen molar-refractivity contribution in [1.82, 2.24) is 4.90 Å². The lowest BCUT2D eigenvalue weighted by atomic mass is 10.2. The largest absolute Gasteiger partial charge is 0.478 e. The fraction of sp³-hybridized carbons (Fsp3) is 0.143. The number of carboxylic acids is 1. The summed E-state index contributed by atoms with van der Waals surface area (Å²) in [4.78, 5) is 25.9. The molecule has 6 heteroatoms. The normalized spacial score (nSPS) is 10.8. The van der Waals surface area contributed by atoms with Gasteiger partial charge in [0, 0.05) is 18.0 Å². The van der Waals surface area contributed by atoms with Gasteiger partial charge in [-0.3, -0.25) is 4.79 Å². The van der Waals surface area contributed by atoms with Crippen molar-refractivity contribution in [2.24, 2.45) is 0 Å². The van der Waals surface area contributed by atoms with Crippen molar-refractivity contribution in [3.05, 3.63) is 50.4 Å². The number of nitrogens with zero attached hydrogens (tertiary/aromatic N) is 1. The Bertz CT molecular complexity index is 629. The van der Waals surface area contributed by atoms with E-state index in [2.05, 4.69) is 0 Å². The van der Waals surface area contributed by atoms with E-state index in [1.165, 1.54) is 22.7 Å². The van der Waals surface area contributed by atoms with Gasteiger partial charge < -0.3 is 10.0 Å². The van der Waals surface area contributed by atoms with Gasteiger partial charge in [0.1, 0.15) is 0 Å². The van der Waals surface area contributed by atoms with Crippen LogP contribution in [-0.4, -0.2) is 28.9 Å². The van der Waals surface area contributed by atoms with Crippen LogP contribution in [0.2, 0.25) is 0 Å². The molecule has 1 N–H and O–H groups in total. The first-order valence-electron chi connectivity index (χ1n) is 5.83. The summed E-state index contributed by atoms with van der Waals surface area (Å²) in [6.07, 6.45) is 2.65. The zero-order valence-electron chi connectivity index (χ0n) is 10.8. The summed E-state index contributed by atoms with van der Waals surface area (Å²) in [5.74, 6) is -0.973. The van der Waals surface area contributed by atoms with Crippen LogP contribution < -0.4 is 0 Å². The van der Waals surface area contributed by atoms with Crippen molar-refractivity contribution in [2.75, 3.05) is 7.05 Å². The van der Waals surface area contributed by atoms with Crippen molar-refractivity contribution in [3.63, 3.8) is 0 Å². The van der Waals surface area contributed by atoms with Gasteiger partial charge in [-0.25, -0.2) is 4.79 Å². The number of amides is 1. The molecule has 2 aromatic rings. The molecule has 0 spiro atoms. The Kier molecular flexibility index (Phi) is 4.70. The van der Waals surface area contributed by atoms with Gasteiger partial charge >= 0.3 is 5.97 Å². The zero-order chi connectivity index (χ0) is 14.5. The van der Waals surface area contributed by atoms with E-state index < -0.39 is 5.97 Å². The average Bonchev–Trinajstić information content (AvgIpc) is 3.06. The highest BCUT2D eigenvalue weighted by molar-refractivity contribution is 7.12. The van der Waals surface area contributed by atoms with Crippen LogP contribution in [0.5, 0.6) is 0 Å². The topological polar surface area (TPSA) is 57.6 Å². The summed E-state index contributed by atoms with van der Waals surface area (Å²) in [6, 6.07) is 5.55. The molecule has 0 saturated heterocycles. The van der Waals surface area contributed by atoms with Crippen LogP contribution in [0.25, 0.3) is 6.08 Å². The fourth-order valence-corrected chi connectivity index (χ4v) is 3.25. The Hall–Kier alpha value is -1.92. The lowest BCUT2D eigenvalue weighted by Crippen LogP contribution is -2.24. The molecule has 0 aliphatic carbocycles. The summed E-state index contributed by atoms with van der Waals surface area (Å²) >= 11 is 2.93. The summed E-state index contributed by atoms with van der Waals surface area (Å²) in [6.45, 7) is 0.516. The molecule has 2 aromatic heterocycles. The molecule has 0 atom stereocenters. The number of hydrogen-bond acceptors (Lipinski definition) is 4. The first kappa shape index (κ1) is 14.5. The van der Waals surface area contributed by atoms with Gasteiger partial charge in [-0.2, -0.15) is 0 Å². The Labute approximate surface area is 124 Å². The van der Waals surface area contributed by atoms with Crippen LogP contribution in [0.15, 0.2) is 35.0 Å². The van der Waals surface area contributed by atoms with Crippen LogP contribution in [0.1, 0.15) is 20.1 Å². The molecule has 0 saturated carbocycles. The lowest BCUT2D eigenvalue weighted by Gasteiger charge is -2.14. The Morgan fingerprint density at radius 1 is 1.40 bits per heavy atom. The maximum atomic E-state index is 12.1. The molecule has 0 fully saturated rings. The lowest BCUT2D eigenvalue weighted by molar-refractivity contribution is -0.131. The molecule has 0 aliphatic heterocycles. The third kappa shape index (κ3) is 3.79. The van der Waals surface area contributed by atoms with Crippen molar-refractivity contribution in [2.45, 2.75) is 6.54 Å². The molecule has 0 aromatic carbocycles. The number of rotatable bonds is 5. The van der Waals surface area contributed by atoms with E-state index in [0.29, 0.717) is 6.54 Å². The second-order valence-electron chi connectivity index (χ2n) is 4.16. The van der Waals surface area contributed by atoms with E-state index in [0.717, 1.165) is 21.4 Å². The van der Waals surface area contributed by atoms with E-state index in [9.17, 15) is 9.59 Å². The number of thiophene rings is 2. The van der Waals surface area contributed by atoms with Crippen molar-refractivity contribution in [3.8, 4) is 0 Å². The third-order valence-electron chi connectivity index (χ3n) is 2.56. The molecule has 4 nitrogen and oxygen atoms in total. The first-order chi connectivity index (χ1) is 9.56. The molecule has 2 rings (SSSR count). The summed E-state index contributed by atoms with van der Waals surface area (Å²) in [7, 11) is 1.76. The minimum Gasteiger partial charge on any atom is -0.478 e. The standard InChI is InChI=1S/C14H13NO3S2/c1-15(14(18)12-3-2-6-19-12)8-11-7-10(9-20-11)4-5-13(16)17/h2-7,9H,8H2,1H3,(H,16,17). The number of carbonyl (C=O) groups excluding carboxylic acids is 1. The van der Waals surface area contributed by atoms with Gasteiger partial charge in [0.05, 0.1) is 11.4 Å². The molecule has 0 aliphatic rings. The Morgan fingerprint density at radius 3 is 2.85 bits per heavy atom. The van der Waals surface area contributed by atoms with Crippen LogP contribution in [0.3, 0.4) is 0 Å². The number of aliphatic carboxylic acids is 1. The Balaban J connectivity index is 2.00. The highest BCUT2D eigenvalue weighted by Crippen LogP contribution is 2.19. The summed E-state index contributed by atoms with van der Waals surface area (Å²) < 4.78 is 0. The monoisotopic (exact) mass is 307 g/mol. The minimum absolute atomic E-state index is 0.00368. The first-order valence-corrected chi connectivity index (χ1v) is 7.59. The fourth-order valence-electron chi connectivity index (χ4n) is 1.63. The van der Waals surface area contributed by atoms with Crippen LogP contribution in [0.4, 0.5) is 0 Å². The van der Waals surface area contributed by atoms with Crippen molar-refractivity contribution >= 4 is 40.6 Å². The summed E-state index contributed by atoms with van der Waals surface area (Å²) in [5, 5.41) is 12.3. The molecule has 20 heavy (non-hydrogen) atoms. The van der Waals surface area contributed by atoms with E-state index in [4.69, 9.17) is 5.11 Å². The van der Waals surface area contributed by atoms with Gasteiger partial charge in [-0.15, -0.1) is 22.7 Å². The summed E-state index contributed by atoms with van der Waals surface area (Å²) in [5.41, 5.74) is 0.837. The van der Waals surface area contributed by atoms with Crippen LogP contribution in [0, 0.1) is 0 Å². The van der Waals surface area contributed by atoms with E-state index in [-0.39, 0.29) is 5.91 Å². The molecular formula is C14H13NO3S2. The maximum absolute atomic E-state index is 12.1. The van der Waals surface area contributed by atoms with Gasteiger partial charge in [0.2, 0.25) is 0 Å².